The molecule has 1 aromatic rings. The van der Waals surface area contributed by atoms with Gasteiger partial charge in [-0.3, -0.25) is 9.69 Å². The van der Waals surface area contributed by atoms with Crippen molar-refractivity contribution in [1.29, 1.82) is 0 Å². The summed E-state index contributed by atoms with van der Waals surface area (Å²) >= 11 is 0. The molecule has 2 N–H and O–H groups in total. The van der Waals surface area contributed by atoms with Crippen LogP contribution in [0, 0.1) is 0 Å². The molecule has 1 saturated heterocycles. The van der Waals surface area contributed by atoms with E-state index in [4.69, 9.17) is 5.11 Å². The third-order valence-electron chi connectivity index (χ3n) is 4.45. The Morgan fingerprint density at radius 1 is 1.24 bits per heavy atom. The predicted octanol–water partition coefficient (Wildman–Crippen LogP) is 0.550. The molecule has 2 aliphatic heterocycles. The molecule has 5 nitrogen and oxygen atoms in total. The van der Waals surface area contributed by atoms with Crippen LogP contribution in [0.3, 0.4) is 0 Å². The molecular weight excluding hydrogens is 266 g/mol. The van der Waals surface area contributed by atoms with E-state index < -0.39 is 0 Å². The van der Waals surface area contributed by atoms with Gasteiger partial charge in [0, 0.05) is 38.4 Å². The monoisotopic (exact) mass is 289 g/mol. The van der Waals surface area contributed by atoms with Gasteiger partial charge in [-0.2, -0.15) is 0 Å². The fraction of sp³-hybridized carbons (Fsp3) is 0.562. The van der Waals surface area contributed by atoms with Crippen molar-refractivity contribution in [2.45, 2.75) is 18.9 Å². The summed E-state index contributed by atoms with van der Waals surface area (Å²) in [6.07, 6.45) is 1.83. The molecule has 21 heavy (non-hydrogen) atoms. The number of rotatable bonds is 3. The quantitative estimate of drug-likeness (QED) is 0.853. The van der Waals surface area contributed by atoms with Crippen LogP contribution < -0.4 is 5.32 Å². The van der Waals surface area contributed by atoms with Gasteiger partial charge in [-0.25, -0.2) is 0 Å². The second-order valence-corrected chi connectivity index (χ2v) is 5.78. The lowest BCUT2D eigenvalue weighted by Crippen LogP contribution is -2.53. The number of aliphatic hydroxyl groups excluding tert-OH is 1. The third-order valence-corrected chi connectivity index (χ3v) is 4.45. The number of nitrogens with zero attached hydrogens (tertiary/aromatic N) is 2. The SMILES string of the molecule is O=C(C1CCc2ccccc2N1)N1CCN(CCO)CC1. The highest BCUT2D eigenvalue weighted by Gasteiger charge is 2.29. The van der Waals surface area contributed by atoms with E-state index >= 15 is 0 Å². The summed E-state index contributed by atoms with van der Waals surface area (Å²) in [5.41, 5.74) is 2.40. The van der Waals surface area contributed by atoms with Crippen LogP contribution in [0.5, 0.6) is 0 Å². The molecule has 3 rings (SSSR count). The van der Waals surface area contributed by atoms with Gasteiger partial charge in [0.2, 0.25) is 5.91 Å². The van der Waals surface area contributed by atoms with Gasteiger partial charge in [-0.15, -0.1) is 0 Å². The Balaban J connectivity index is 1.57. The molecule has 1 atom stereocenters. The maximum absolute atomic E-state index is 12.6. The molecule has 0 saturated carbocycles. The zero-order chi connectivity index (χ0) is 14.7. The minimum Gasteiger partial charge on any atom is -0.395 e. The van der Waals surface area contributed by atoms with Crippen molar-refractivity contribution < 1.29 is 9.90 Å². The minimum atomic E-state index is -0.0932. The highest BCUT2D eigenvalue weighted by Crippen LogP contribution is 2.25. The van der Waals surface area contributed by atoms with Gasteiger partial charge >= 0.3 is 0 Å². The zero-order valence-electron chi connectivity index (χ0n) is 12.3. The van der Waals surface area contributed by atoms with E-state index in [-0.39, 0.29) is 18.6 Å². The average Bonchev–Trinajstić information content (AvgIpc) is 2.55. The standard InChI is InChI=1S/C16H23N3O2/c20-12-11-18-7-9-19(10-8-18)16(21)15-6-5-13-3-1-2-4-14(13)17-15/h1-4,15,17,20H,5-12H2. The molecule has 0 spiro atoms. The number of nitrogens with one attached hydrogen (secondary N) is 1. The second kappa shape index (κ2) is 6.45. The van der Waals surface area contributed by atoms with Crippen LogP contribution in [0.15, 0.2) is 24.3 Å². The average molecular weight is 289 g/mol. The first-order chi connectivity index (χ1) is 10.3. The third kappa shape index (κ3) is 3.19. The van der Waals surface area contributed by atoms with E-state index in [9.17, 15) is 4.79 Å². The Kier molecular flexibility index (Phi) is 4.41. The Bertz CT molecular complexity index is 498. The molecule has 1 fully saturated rings. The van der Waals surface area contributed by atoms with Crippen molar-refractivity contribution in [1.82, 2.24) is 9.80 Å². The number of hydrogen-bond donors (Lipinski definition) is 2. The normalized spacial score (nSPS) is 22.5. The molecule has 5 heteroatoms. The number of anilines is 1. The maximum Gasteiger partial charge on any atom is 0.245 e. The summed E-state index contributed by atoms with van der Waals surface area (Å²) in [4.78, 5) is 16.8. The Hall–Kier alpha value is -1.59. The lowest BCUT2D eigenvalue weighted by Gasteiger charge is -2.37. The highest BCUT2D eigenvalue weighted by molar-refractivity contribution is 5.85. The maximum atomic E-state index is 12.6. The van der Waals surface area contributed by atoms with Gasteiger partial charge in [-0.05, 0) is 24.5 Å². The van der Waals surface area contributed by atoms with Crippen molar-refractivity contribution in [3.05, 3.63) is 29.8 Å². The van der Waals surface area contributed by atoms with Crippen LogP contribution in [0.25, 0.3) is 0 Å². The van der Waals surface area contributed by atoms with Gasteiger partial charge in [-0.1, -0.05) is 18.2 Å². The number of β-amino-alcohol motifs (C(OH)–C–C–N with tert-alkyl or cyclic N) is 1. The van der Waals surface area contributed by atoms with Crippen molar-refractivity contribution in [2.75, 3.05) is 44.6 Å². The van der Waals surface area contributed by atoms with Crippen LogP contribution in [-0.2, 0) is 11.2 Å². The van der Waals surface area contributed by atoms with E-state index in [1.54, 1.807) is 0 Å². The van der Waals surface area contributed by atoms with Gasteiger partial charge in [0.15, 0.2) is 0 Å². The van der Waals surface area contributed by atoms with Gasteiger partial charge < -0.3 is 15.3 Å². The van der Waals surface area contributed by atoms with E-state index in [1.165, 1.54) is 5.56 Å². The zero-order valence-corrected chi connectivity index (χ0v) is 12.3. The van der Waals surface area contributed by atoms with E-state index in [2.05, 4.69) is 16.3 Å². The molecule has 1 aromatic carbocycles. The summed E-state index contributed by atoms with van der Waals surface area (Å²) in [7, 11) is 0. The topological polar surface area (TPSA) is 55.8 Å². The molecule has 1 amide bonds. The number of carbonyl (C=O) groups is 1. The van der Waals surface area contributed by atoms with Crippen molar-refractivity contribution in [3.8, 4) is 0 Å². The summed E-state index contributed by atoms with van der Waals surface area (Å²) in [6.45, 7) is 4.13. The van der Waals surface area contributed by atoms with Crippen LogP contribution in [0.2, 0.25) is 0 Å². The van der Waals surface area contributed by atoms with E-state index in [0.717, 1.165) is 44.7 Å². The van der Waals surface area contributed by atoms with Crippen LogP contribution >= 0.6 is 0 Å². The highest BCUT2D eigenvalue weighted by atomic mass is 16.3. The first-order valence-corrected chi connectivity index (χ1v) is 7.74. The van der Waals surface area contributed by atoms with Crippen LogP contribution in [0.4, 0.5) is 5.69 Å². The fourth-order valence-electron chi connectivity index (χ4n) is 3.18. The molecule has 2 heterocycles. The lowest BCUT2D eigenvalue weighted by molar-refractivity contribution is -0.134. The predicted molar refractivity (Wildman–Crippen MR) is 82.3 cm³/mol. The number of fused-ring (bicyclic) bond motifs is 1. The first kappa shape index (κ1) is 14.4. The molecular formula is C16H23N3O2. The number of carbonyl (C=O) groups excluding carboxylic acids is 1. The number of amides is 1. The summed E-state index contributed by atoms with van der Waals surface area (Å²) in [5, 5.41) is 12.3. The van der Waals surface area contributed by atoms with Crippen LogP contribution in [0.1, 0.15) is 12.0 Å². The first-order valence-electron chi connectivity index (χ1n) is 7.74. The van der Waals surface area contributed by atoms with Gasteiger partial charge in [0.05, 0.1) is 6.61 Å². The van der Waals surface area contributed by atoms with Crippen molar-refractivity contribution in [3.63, 3.8) is 0 Å². The molecule has 2 aliphatic rings. The van der Waals surface area contributed by atoms with Crippen molar-refractivity contribution in [2.24, 2.45) is 0 Å². The molecule has 1 unspecified atom stereocenters. The molecule has 114 valence electrons. The van der Waals surface area contributed by atoms with E-state index in [0.29, 0.717) is 6.54 Å². The van der Waals surface area contributed by atoms with E-state index in [1.807, 2.05) is 23.1 Å². The molecule has 0 aliphatic carbocycles. The van der Waals surface area contributed by atoms with Gasteiger partial charge in [0.1, 0.15) is 6.04 Å². The fourth-order valence-corrected chi connectivity index (χ4v) is 3.18. The number of aliphatic hydroxyl groups is 1. The second-order valence-electron chi connectivity index (χ2n) is 5.78. The number of hydrogen-bond acceptors (Lipinski definition) is 4. The summed E-state index contributed by atoms with van der Waals surface area (Å²) in [6, 6.07) is 8.13. The molecule has 0 bridgehead atoms. The Morgan fingerprint density at radius 3 is 2.76 bits per heavy atom. The number of para-hydroxylation sites is 1. The van der Waals surface area contributed by atoms with Gasteiger partial charge in [0.25, 0.3) is 0 Å². The molecule has 0 aromatic heterocycles. The lowest BCUT2D eigenvalue weighted by atomic mass is 9.97. The largest absolute Gasteiger partial charge is 0.395 e. The Labute approximate surface area is 125 Å². The van der Waals surface area contributed by atoms with Crippen LogP contribution in [-0.4, -0.2) is 66.2 Å². The smallest absolute Gasteiger partial charge is 0.245 e. The number of aryl methyl sites for hydroxylation is 1. The number of benzene rings is 1. The number of piperazine rings is 1. The Morgan fingerprint density at radius 2 is 2.00 bits per heavy atom. The minimum absolute atomic E-state index is 0.0932. The van der Waals surface area contributed by atoms with Crippen molar-refractivity contribution >= 4 is 11.6 Å². The summed E-state index contributed by atoms with van der Waals surface area (Å²) < 4.78 is 0. The molecule has 0 radical (unpaired) electrons. The summed E-state index contributed by atoms with van der Waals surface area (Å²) in [5.74, 6) is 0.216.